The predicted octanol–water partition coefficient (Wildman–Crippen LogP) is 2.70. The summed E-state index contributed by atoms with van der Waals surface area (Å²) in [5.41, 5.74) is 3.77. The molecule has 0 saturated heterocycles. The van der Waals surface area contributed by atoms with Crippen molar-refractivity contribution < 1.29 is 4.79 Å². The Morgan fingerprint density at radius 2 is 1.84 bits per heavy atom. The number of hydrogen-bond donors (Lipinski definition) is 1. The fraction of sp³-hybridized carbons (Fsp3) is 0.250. The number of amides is 1. The number of aromatic nitrogens is 4. The van der Waals surface area contributed by atoms with Gasteiger partial charge in [0.25, 0.3) is 5.56 Å². The molecular formula is C24H25N5O2. The predicted molar refractivity (Wildman–Crippen MR) is 120 cm³/mol. The molecule has 2 aromatic carbocycles. The maximum Gasteiger partial charge on any atom is 0.264 e. The van der Waals surface area contributed by atoms with Gasteiger partial charge >= 0.3 is 0 Å². The number of nitrogens with zero attached hydrogens (tertiary/aromatic N) is 4. The van der Waals surface area contributed by atoms with E-state index in [0.717, 1.165) is 16.7 Å². The molecule has 0 saturated carbocycles. The lowest BCUT2D eigenvalue weighted by Crippen LogP contribution is -2.28. The van der Waals surface area contributed by atoms with E-state index in [-0.39, 0.29) is 11.5 Å². The van der Waals surface area contributed by atoms with Gasteiger partial charge in [-0.2, -0.15) is 5.10 Å². The van der Waals surface area contributed by atoms with E-state index in [1.165, 1.54) is 0 Å². The minimum Gasteiger partial charge on any atom is -0.354 e. The van der Waals surface area contributed by atoms with Gasteiger partial charge in [0.1, 0.15) is 11.7 Å². The number of benzene rings is 2. The summed E-state index contributed by atoms with van der Waals surface area (Å²) < 4.78 is 3.26. The van der Waals surface area contributed by atoms with E-state index in [1.807, 2.05) is 61.5 Å². The monoisotopic (exact) mass is 415 g/mol. The summed E-state index contributed by atoms with van der Waals surface area (Å²) in [5.74, 6) is -0.00568. The Morgan fingerprint density at radius 3 is 2.65 bits per heavy atom. The van der Waals surface area contributed by atoms with Crippen LogP contribution in [0.1, 0.15) is 23.1 Å². The topological polar surface area (TPSA) is 81.8 Å². The van der Waals surface area contributed by atoms with Gasteiger partial charge in [-0.25, -0.2) is 9.67 Å². The van der Waals surface area contributed by atoms with Gasteiger partial charge in [0.15, 0.2) is 5.65 Å². The Balaban J connectivity index is 1.37. The van der Waals surface area contributed by atoms with Crippen molar-refractivity contribution >= 4 is 16.9 Å². The summed E-state index contributed by atoms with van der Waals surface area (Å²) in [6, 6.07) is 17.9. The third-order valence-electron chi connectivity index (χ3n) is 5.35. The molecule has 0 aliphatic rings. The SMILES string of the molecule is Cc1ccccc1Cn1cnc2c(cnn2CCNC(=O)CCc2ccccc2)c1=O. The highest BCUT2D eigenvalue weighted by Crippen LogP contribution is 2.10. The average Bonchev–Trinajstić information content (AvgIpc) is 3.20. The minimum absolute atomic E-state index is 0.00568. The van der Waals surface area contributed by atoms with Crippen LogP contribution < -0.4 is 10.9 Å². The Kier molecular flexibility index (Phi) is 6.21. The van der Waals surface area contributed by atoms with Gasteiger partial charge < -0.3 is 5.32 Å². The van der Waals surface area contributed by atoms with Crippen molar-refractivity contribution in [3.05, 3.63) is 94.2 Å². The lowest BCUT2D eigenvalue weighted by atomic mass is 10.1. The number of nitrogens with one attached hydrogen (secondary N) is 1. The molecule has 0 unspecified atom stereocenters. The largest absolute Gasteiger partial charge is 0.354 e. The fourth-order valence-corrected chi connectivity index (χ4v) is 3.54. The highest BCUT2D eigenvalue weighted by Gasteiger charge is 2.11. The standard InChI is InChI=1S/C24H25N5O2/c1-18-7-5-6-10-20(18)16-28-17-26-23-21(24(28)31)15-27-29(23)14-13-25-22(30)12-11-19-8-3-2-4-9-19/h2-10,15,17H,11-14,16H2,1H3,(H,25,30). The molecule has 31 heavy (non-hydrogen) atoms. The minimum atomic E-state index is -0.119. The van der Waals surface area contributed by atoms with Crippen LogP contribution in [-0.4, -0.2) is 31.8 Å². The zero-order valence-electron chi connectivity index (χ0n) is 17.5. The third kappa shape index (κ3) is 4.88. The Hall–Kier alpha value is -3.74. The maximum atomic E-state index is 12.9. The molecular weight excluding hydrogens is 390 g/mol. The first-order valence-electron chi connectivity index (χ1n) is 10.4. The van der Waals surface area contributed by atoms with Gasteiger partial charge in [0.2, 0.25) is 5.91 Å². The Labute approximate surface area is 180 Å². The molecule has 0 fully saturated rings. The van der Waals surface area contributed by atoms with E-state index in [1.54, 1.807) is 21.8 Å². The molecule has 1 N–H and O–H groups in total. The van der Waals surface area contributed by atoms with Gasteiger partial charge in [0.05, 0.1) is 19.3 Å². The first-order valence-corrected chi connectivity index (χ1v) is 10.4. The molecule has 0 aliphatic carbocycles. The van der Waals surface area contributed by atoms with Gasteiger partial charge in [-0.1, -0.05) is 54.6 Å². The van der Waals surface area contributed by atoms with Crippen LogP contribution in [0, 0.1) is 6.92 Å². The first kappa shape index (κ1) is 20.5. The normalized spacial score (nSPS) is 11.0. The molecule has 1 amide bonds. The van der Waals surface area contributed by atoms with Gasteiger partial charge in [0, 0.05) is 13.0 Å². The number of fused-ring (bicyclic) bond motifs is 1. The van der Waals surface area contributed by atoms with E-state index in [0.29, 0.717) is 43.5 Å². The Bertz CT molecular complexity index is 1240. The van der Waals surface area contributed by atoms with Gasteiger partial charge in [-0.05, 0) is 30.0 Å². The van der Waals surface area contributed by atoms with E-state index < -0.39 is 0 Å². The summed E-state index contributed by atoms with van der Waals surface area (Å²) in [6.45, 7) is 3.38. The smallest absolute Gasteiger partial charge is 0.264 e. The molecule has 2 heterocycles. The zero-order chi connectivity index (χ0) is 21.6. The van der Waals surface area contributed by atoms with Crippen LogP contribution in [0.3, 0.4) is 0 Å². The van der Waals surface area contributed by atoms with Crippen LogP contribution in [0.2, 0.25) is 0 Å². The number of carbonyl (C=O) groups excluding carboxylic acids is 1. The second-order valence-corrected chi connectivity index (χ2v) is 7.54. The molecule has 2 aromatic heterocycles. The molecule has 158 valence electrons. The van der Waals surface area contributed by atoms with Crippen LogP contribution in [-0.2, 0) is 24.3 Å². The first-order chi connectivity index (χ1) is 15.1. The van der Waals surface area contributed by atoms with Crippen molar-refractivity contribution in [1.82, 2.24) is 24.6 Å². The fourth-order valence-electron chi connectivity index (χ4n) is 3.54. The molecule has 0 atom stereocenters. The van der Waals surface area contributed by atoms with Crippen molar-refractivity contribution in [3.8, 4) is 0 Å². The van der Waals surface area contributed by atoms with Crippen molar-refractivity contribution in [2.24, 2.45) is 0 Å². The van der Waals surface area contributed by atoms with E-state index in [2.05, 4.69) is 15.4 Å². The van der Waals surface area contributed by atoms with Crippen molar-refractivity contribution in [1.29, 1.82) is 0 Å². The maximum absolute atomic E-state index is 12.9. The molecule has 4 rings (SSSR count). The molecule has 0 aliphatic heterocycles. The van der Waals surface area contributed by atoms with Crippen LogP contribution >= 0.6 is 0 Å². The molecule has 0 spiro atoms. The van der Waals surface area contributed by atoms with E-state index >= 15 is 0 Å². The average molecular weight is 415 g/mol. The second kappa shape index (κ2) is 9.38. The van der Waals surface area contributed by atoms with Crippen molar-refractivity contribution in [2.75, 3.05) is 6.54 Å². The summed E-state index contributed by atoms with van der Waals surface area (Å²) >= 11 is 0. The quantitative estimate of drug-likeness (QED) is 0.480. The molecule has 0 bridgehead atoms. The van der Waals surface area contributed by atoms with E-state index in [4.69, 9.17) is 0 Å². The van der Waals surface area contributed by atoms with Crippen molar-refractivity contribution in [2.45, 2.75) is 32.9 Å². The highest BCUT2D eigenvalue weighted by molar-refractivity contribution is 5.76. The van der Waals surface area contributed by atoms with Crippen molar-refractivity contribution in [3.63, 3.8) is 0 Å². The second-order valence-electron chi connectivity index (χ2n) is 7.54. The van der Waals surface area contributed by atoms with Crippen LogP contribution in [0.25, 0.3) is 11.0 Å². The van der Waals surface area contributed by atoms with Crippen LogP contribution in [0.5, 0.6) is 0 Å². The van der Waals surface area contributed by atoms with Gasteiger partial charge in [-0.3, -0.25) is 14.2 Å². The number of rotatable bonds is 8. The number of aryl methyl sites for hydroxylation is 2. The Morgan fingerprint density at radius 1 is 1.06 bits per heavy atom. The molecule has 4 aromatic rings. The lowest BCUT2D eigenvalue weighted by Gasteiger charge is -2.09. The molecule has 0 radical (unpaired) electrons. The summed E-state index contributed by atoms with van der Waals surface area (Å²) in [5, 5.41) is 7.69. The molecule has 7 nitrogen and oxygen atoms in total. The summed E-state index contributed by atoms with van der Waals surface area (Å²) in [6.07, 6.45) is 4.26. The summed E-state index contributed by atoms with van der Waals surface area (Å²) in [7, 11) is 0. The van der Waals surface area contributed by atoms with Crippen LogP contribution in [0.15, 0.2) is 71.9 Å². The number of carbonyl (C=O) groups is 1. The van der Waals surface area contributed by atoms with E-state index in [9.17, 15) is 9.59 Å². The highest BCUT2D eigenvalue weighted by atomic mass is 16.1. The van der Waals surface area contributed by atoms with Gasteiger partial charge in [-0.15, -0.1) is 0 Å². The summed E-state index contributed by atoms with van der Waals surface area (Å²) in [4.78, 5) is 29.4. The zero-order valence-corrected chi connectivity index (χ0v) is 17.5. The van der Waals surface area contributed by atoms with Crippen LogP contribution in [0.4, 0.5) is 0 Å². The lowest BCUT2D eigenvalue weighted by molar-refractivity contribution is -0.121. The molecule has 7 heteroatoms. The third-order valence-corrected chi connectivity index (χ3v) is 5.35. The number of hydrogen-bond acceptors (Lipinski definition) is 4.